The first-order chi connectivity index (χ1) is 18.5. The van der Waals surface area contributed by atoms with Gasteiger partial charge >= 0.3 is 6.18 Å². The van der Waals surface area contributed by atoms with Gasteiger partial charge in [0.05, 0.1) is 42.4 Å². The van der Waals surface area contributed by atoms with Crippen molar-refractivity contribution in [2.24, 2.45) is 10.7 Å². The van der Waals surface area contributed by atoms with Crippen LogP contribution in [0.2, 0.25) is 0 Å². The number of pyridine rings is 1. The molecule has 39 heavy (non-hydrogen) atoms. The van der Waals surface area contributed by atoms with Crippen molar-refractivity contribution in [2.75, 3.05) is 13.2 Å². The quantitative estimate of drug-likeness (QED) is 0.181. The zero-order chi connectivity index (χ0) is 28.0. The fourth-order valence-corrected chi connectivity index (χ4v) is 5.01. The first kappa shape index (κ1) is 26.7. The monoisotopic (exact) mass is 544 g/mol. The summed E-state index contributed by atoms with van der Waals surface area (Å²) >= 11 is 0. The molecule has 0 saturated carbocycles. The van der Waals surface area contributed by atoms with Crippen LogP contribution in [-0.2, 0) is 16.8 Å². The van der Waals surface area contributed by atoms with Crippen molar-refractivity contribution in [3.05, 3.63) is 71.9 Å². The number of nitrogens with zero attached hydrogens (tertiary/aromatic N) is 4. The molecule has 2 aliphatic rings. The number of benzene rings is 1. The van der Waals surface area contributed by atoms with E-state index >= 15 is 0 Å². The summed E-state index contributed by atoms with van der Waals surface area (Å²) in [5.74, 6) is 0.417. The maximum Gasteiger partial charge on any atom is 0.419 e. The van der Waals surface area contributed by atoms with Gasteiger partial charge in [-0.2, -0.15) is 22.7 Å². The average Bonchev–Trinajstić information content (AvgIpc) is 3.52. The molecule has 206 valence electrons. The zero-order valence-corrected chi connectivity index (χ0v) is 21.5. The largest absolute Gasteiger partial charge is 0.493 e. The molecule has 1 fully saturated rings. The van der Waals surface area contributed by atoms with Crippen LogP contribution >= 0.6 is 0 Å². The van der Waals surface area contributed by atoms with Crippen LogP contribution in [0.4, 0.5) is 23.4 Å². The molecule has 2 aromatic heterocycles. The number of rotatable bonds is 8. The Hall–Kier alpha value is -3.93. The molecule has 5 rings (SSSR count). The molecule has 1 aromatic carbocycles. The van der Waals surface area contributed by atoms with Crippen molar-refractivity contribution >= 4 is 17.4 Å². The fourth-order valence-electron chi connectivity index (χ4n) is 5.01. The van der Waals surface area contributed by atoms with E-state index in [0.717, 1.165) is 11.6 Å². The number of fused-ring (bicyclic) bond motifs is 1. The number of halogens is 4. The predicted octanol–water partition coefficient (Wildman–Crippen LogP) is 4.94. The van der Waals surface area contributed by atoms with Crippen molar-refractivity contribution in [3.63, 3.8) is 0 Å². The third-order valence-electron chi connectivity index (χ3n) is 7.07. The van der Waals surface area contributed by atoms with Crippen molar-refractivity contribution in [1.29, 1.82) is 0 Å². The van der Waals surface area contributed by atoms with E-state index in [4.69, 9.17) is 15.2 Å². The maximum absolute atomic E-state index is 14.4. The van der Waals surface area contributed by atoms with Crippen LogP contribution in [-0.4, -0.2) is 45.5 Å². The molecule has 8 nitrogen and oxygen atoms in total. The second-order valence-electron chi connectivity index (χ2n) is 9.82. The zero-order valence-electron chi connectivity index (χ0n) is 21.5. The van der Waals surface area contributed by atoms with Gasteiger partial charge in [-0.3, -0.25) is 0 Å². The molecule has 2 unspecified atom stereocenters. The summed E-state index contributed by atoms with van der Waals surface area (Å²) in [6.45, 7) is 7.28. The molecule has 1 saturated heterocycles. The van der Waals surface area contributed by atoms with Gasteiger partial charge in [-0.1, -0.05) is 31.7 Å². The van der Waals surface area contributed by atoms with E-state index in [1.54, 1.807) is 19.9 Å². The molecule has 2 aliphatic heterocycles. The molecule has 2 atom stereocenters. The van der Waals surface area contributed by atoms with Gasteiger partial charge in [0.15, 0.2) is 11.4 Å². The molecule has 12 heteroatoms. The van der Waals surface area contributed by atoms with Crippen molar-refractivity contribution in [1.82, 2.24) is 20.1 Å². The Morgan fingerprint density at radius 3 is 2.69 bits per heavy atom. The van der Waals surface area contributed by atoms with E-state index in [2.05, 4.69) is 27.0 Å². The highest BCUT2D eigenvalue weighted by atomic mass is 19.4. The third kappa shape index (κ3) is 4.73. The normalized spacial score (nSPS) is 22.7. The fraction of sp³-hybridized carbons (Fsp3) is 0.370. The lowest BCUT2D eigenvalue weighted by molar-refractivity contribution is -0.382. The van der Waals surface area contributed by atoms with E-state index in [-0.39, 0.29) is 23.8 Å². The number of hydrogen-bond acceptors (Lipinski definition) is 6. The minimum Gasteiger partial charge on any atom is -0.493 e. The molecule has 0 bridgehead atoms. The smallest absolute Gasteiger partial charge is 0.419 e. The van der Waals surface area contributed by atoms with E-state index in [1.165, 1.54) is 23.1 Å². The topological polar surface area (TPSA) is 99.6 Å². The first-order valence-electron chi connectivity index (χ1n) is 12.4. The second kappa shape index (κ2) is 9.67. The van der Waals surface area contributed by atoms with E-state index in [0.29, 0.717) is 42.0 Å². The number of aromatic nitrogens is 3. The van der Waals surface area contributed by atoms with Gasteiger partial charge in [-0.25, -0.2) is 14.7 Å². The molecule has 4 heterocycles. The standard InChI is InChI=1S/C27H28F4N6O2/c1-4-22(32)36-24-19(13-35-37(24)18-8-9-21(28)33-12-18)16(2)34-15-26(27(29,30)31)14-25(3,39-26)20-7-5-6-17-10-11-38-23(17)20/h5-9,12-13,34H,2,4,10-11,14-15H2,1,3H3,(H2,32,36). The van der Waals surface area contributed by atoms with Gasteiger partial charge in [0.2, 0.25) is 5.95 Å². The van der Waals surface area contributed by atoms with Crippen LogP contribution in [0.1, 0.15) is 43.4 Å². The van der Waals surface area contributed by atoms with E-state index in [1.807, 2.05) is 12.1 Å². The molecular formula is C27H28F4N6O2. The SMILES string of the molecule is C=C(NCC1(C(F)(F)F)CC(C)(c2cccc3c2OCC3)O1)c1cnn(-c2ccc(F)nc2)c1/N=C(\N)CC. The Morgan fingerprint density at radius 2 is 2.03 bits per heavy atom. The number of nitrogens with one attached hydrogen (secondary N) is 1. The highest BCUT2D eigenvalue weighted by molar-refractivity contribution is 5.84. The number of para-hydroxylation sites is 1. The molecule has 3 aromatic rings. The van der Waals surface area contributed by atoms with Crippen molar-refractivity contribution in [3.8, 4) is 11.4 Å². The predicted molar refractivity (Wildman–Crippen MR) is 137 cm³/mol. The highest BCUT2D eigenvalue weighted by Gasteiger charge is 2.68. The summed E-state index contributed by atoms with van der Waals surface area (Å²) in [5.41, 5.74) is 4.77. The van der Waals surface area contributed by atoms with E-state index < -0.39 is 29.9 Å². The Labute approximate surface area is 222 Å². The Morgan fingerprint density at radius 1 is 1.26 bits per heavy atom. The van der Waals surface area contributed by atoms with Gasteiger partial charge in [-0.15, -0.1) is 0 Å². The van der Waals surface area contributed by atoms with Gasteiger partial charge < -0.3 is 20.5 Å². The van der Waals surface area contributed by atoms with Crippen LogP contribution < -0.4 is 15.8 Å². The van der Waals surface area contributed by atoms with Crippen LogP contribution in [0.25, 0.3) is 11.4 Å². The molecule has 0 aliphatic carbocycles. The Balaban J connectivity index is 1.40. The number of amidine groups is 1. The maximum atomic E-state index is 14.4. The lowest BCUT2D eigenvalue weighted by Crippen LogP contribution is -2.68. The molecule has 0 spiro atoms. The van der Waals surface area contributed by atoms with Crippen LogP contribution in [0, 0.1) is 5.95 Å². The minimum absolute atomic E-state index is 0.142. The number of hydrogen-bond donors (Lipinski definition) is 2. The summed E-state index contributed by atoms with van der Waals surface area (Å²) in [6, 6.07) is 8.07. The molecule has 0 amide bonds. The molecular weight excluding hydrogens is 516 g/mol. The second-order valence-corrected chi connectivity index (χ2v) is 9.82. The number of nitrogens with two attached hydrogens (primary N) is 1. The summed E-state index contributed by atoms with van der Waals surface area (Å²) in [7, 11) is 0. The number of aliphatic imine (C=N–C) groups is 1. The highest BCUT2D eigenvalue weighted by Crippen LogP contribution is 2.57. The minimum atomic E-state index is -4.66. The summed E-state index contributed by atoms with van der Waals surface area (Å²) < 4.78 is 69.3. The van der Waals surface area contributed by atoms with Gasteiger partial charge in [0.25, 0.3) is 0 Å². The number of ether oxygens (including phenoxy) is 2. The summed E-state index contributed by atoms with van der Waals surface area (Å²) in [6.07, 6.45) is -1.18. The Kier molecular flexibility index (Phi) is 6.61. The Bertz CT molecular complexity index is 1430. The van der Waals surface area contributed by atoms with Crippen molar-refractivity contribution < 1.29 is 27.0 Å². The summed E-state index contributed by atoms with van der Waals surface area (Å²) in [5, 5.41) is 7.06. The third-order valence-corrected chi connectivity index (χ3v) is 7.07. The van der Waals surface area contributed by atoms with Gasteiger partial charge in [0.1, 0.15) is 11.6 Å². The number of alkyl halides is 3. The molecule has 0 radical (unpaired) electrons. The van der Waals surface area contributed by atoms with Gasteiger partial charge in [-0.05, 0) is 24.6 Å². The van der Waals surface area contributed by atoms with Crippen LogP contribution in [0.5, 0.6) is 5.75 Å². The van der Waals surface area contributed by atoms with Crippen LogP contribution in [0.15, 0.2) is 54.3 Å². The average molecular weight is 545 g/mol. The first-order valence-corrected chi connectivity index (χ1v) is 12.4. The van der Waals surface area contributed by atoms with E-state index in [9.17, 15) is 17.6 Å². The lowest BCUT2D eigenvalue weighted by atomic mass is 9.74. The molecule has 3 N–H and O–H groups in total. The van der Waals surface area contributed by atoms with Crippen molar-refractivity contribution in [2.45, 2.75) is 50.5 Å². The van der Waals surface area contributed by atoms with Gasteiger partial charge in [0, 0.05) is 30.5 Å². The lowest BCUT2D eigenvalue weighted by Gasteiger charge is -2.55. The van der Waals surface area contributed by atoms with Crippen LogP contribution in [0.3, 0.4) is 0 Å². The summed E-state index contributed by atoms with van der Waals surface area (Å²) in [4.78, 5) is 8.01.